The fourth-order valence-corrected chi connectivity index (χ4v) is 3.74. The summed E-state index contributed by atoms with van der Waals surface area (Å²) < 4.78 is 10.7. The molecule has 11 heteroatoms. The van der Waals surface area contributed by atoms with Crippen molar-refractivity contribution in [3.05, 3.63) is 77.3 Å². The lowest BCUT2D eigenvalue weighted by Crippen LogP contribution is -2.45. The molecule has 0 radical (unpaired) electrons. The predicted octanol–water partition coefficient (Wildman–Crippen LogP) is 4.63. The molecule has 1 aliphatic rings. The molecule has 0 bridgehead atoms. The summed E-state index contributed by atoms with van der Waals surface area (Å²) in [5, 5.41) is 10.4. The minimum atomic E-state index is -0.552. The number of fused-ring (bicyclic) bond motifs is 1. The molecule has 0 spiro atoms. The number of amides is 3. The fourth-order valence-electron chi connectivity index (χ4n) is 3.22. The van der Waals surface area contributed by atoms with Crippen LogP contribution in [0.25, 0.3) is 0 Å². The lowest BCUT2D eigenvalue weighted by Gasteiger charge is -2.30. The Kier molecular flexibility index (Phi) is 7.44. The van der Waals surface area contributed by atoms with E-state index in [2.05, 4.69) is 21.2 Å². The van der Waals surface area contributed by atoms with Crippen molar-refractivity contribution in [3.63, 3.8) is 0 Å². The maximum absolute atomic E-state index is 12.6. The number of hydrazone groups is 1. The molecule has 3 aromatic rings. The number of rotatable bonds is 5. The second-order valence-corrected chi connectivity index (χ2v) is 8.06. The third-order valence-electron chi connectivity index (χ3n) is 4.83. The molecular weight excluding hydrogens is 490 g/mol. The summed E-state index contributed by atoms with van der Waals surface area (Å²) in [7, 11) is 1.58. The van der Waals surface area contributed by atoms with E-state index in [1.54, 1.807) is 73.8 Å². The van der Waals surface area contributed by atoms with Crippen LogP contribution in [0.5, 0.6) is 11.5 Å². The van der Waals surface area contributed by atoms with E-state index in [4.69, 9.17) is 33.3 Å². The van der Waals surface area contributed by atoms with Gasteiger partial charge in [-0.05, 0) is 66.3 Å². The normalized spacial score (nSPS) is 12.5. The van der Waals surface area contributed by atoms with Gasteiger partial charge in [0.1, 0.15) is 11.5 Å². The Balaban J connectivity index is 1.42. The maximum atomic E-state index is 12.6. The lowest BCUT2D eigenvalue weighted by molar-refractivity contribution is -0.120. The molecule has 9 nitrogen and oxygen atoms in total. The highest BCUT2D eigenvalue weighted by molar-refractivity contribution is 7.80. The highest BCUT2D eigenvalue weighted by Crippen LogP contribution is 2.35. The third-order valence-corrected chi connectivity index (χ3v) is 5.35. The van der Waals surface area contributed by atoms with Crippen LogP contribution < -0.4 is 30.4 Å². The molecule has 35 heavy (non-hydrogen) atoms. The Morgan fingerprint density at radius 2 is 1.89 bits per heavy atom. The number of carbonyl (C=O) groups is 2. The van der Waals surface area contributed by atoms with E-state index in [1.165, 1.54) is 11.1 Å². The number of benzene rings is 3. The molecule has 1 heterocycles. The van der Waals surface area contributed by atoms with Gasteiger partial charge < -0.3 is 20.1 Å². The number of anilines is 3. The number of urea groups is 1. The molecule has 3 amide bonds. The number of nitrogens with zero attached hydrogens (tertiary/aromatic N) is 2. The highest BCUT2D eigenvalue weighted by Gasteiger charge is 2.29. The van der Waals surface area contributed by atoms with Crippen molar-refractivity contribution in [2.24, 2.45) is 5.10 Å². The molecule has 3 aromatic carbocycles. The Labute approximate surface area is 211 Å². The summed E-state index contributed by atoms with van der Waals surface area (Å²) in [6.45, 7) is -0.197. The van der Waals surface area contributed by atoms with E-state index in [1.807, 2.05) is 0 Å². The first-order chi connectivity index (χ1) is 16.9. The van der Waals surface area contributed by atoms with Crippen molar-refractivity contribution in [3.8, 4) is 11.5 Å². The Hall–Kier alpha value is -4.15. The van der Waals surface area contributed by atoms with Gasteiger partial charge in [0.05, 0.1) is 19.0 Å². The third kappa shape index (κ3) is 6.05. The molecule has 1 aliphatic heterocycles. The van der Waals surface area contributed by atoms with Crippen molar-refractivity contribution in [1.29, 1.82) is 0 Å². The van der Waals surface area contributed by atoms with Crippen LogP contribution in [-0.4, -0.2) is 37.0 Å². The first-order valence-corrected chi connectivity index (χ1v) is 11.1. The molecule has 0 aromatic heterocycles. The van der Waals surface area contributed by atoms with Gasteiger partial charge >= 0.3 is 6.03 Å². The molecule has 0 aliphatic carbocycles. The summed E-state index contributed by atoms with van der Waals surface area (Å²) in [6.07, 6.45) is 1.47. The van der Waals surface area contributed by atoms with Gasteiger partial charge in [-0.25, -0.2) is 10.2 Å². The van der Waals surface area contributed by atoms with E-state index in [0.717, 1.165) is 5.56 Å². The summed E-state index contributed by atoms with van der Waals surface area (Å²) in [5.74, 6) is 0.773. The van der Waals surface area contributed by atoms with Crippen LogP contribution in [0.1, 0.15) is 5.56 Å². The van der Waals surface area contributed by atoms with E-state index in [0.29, 0.717) is 33.6 Å². The predicted molar refractivity (Wildman–Crippen MR) is 140 cm³/mol. The number of ether oxygens (including phenoxy) is 2. The zero-order valence-corrected chi connectivity index (χ0v) is 20.0. The van der Waals surface area contributed by atoms with Gasteiger partial charge in [0.2, 0.25) is 0 Å². The van der Waals surface area contributed by atoms with Gasteiger partial charge in [0.25, 0.3) is 5.91 Å². The monoisotopic (exact) mass is 509 g/mol. The molecule has 0 atom stereocenters. The van der Waals surface area contributed by atoms with Crippen LogP contribution in [-0.2, 0) is 4.79 Å². The van der Waals surface area contributed by atoms with Crippen molar-refractivity contribution in [2.75, 3.05) is 29.3 Å². The summed E-state index contributed by atoms with van der Waals surface area (Å²) in [4.78, 5) is 26.1. The smallest absolute Gasteiger partial charge is 0.339 e. The zero-order chi connectivity index (χ0) is 24.8. The largest absolute Gasteiger partial charge is 0.497 e. The topological polar surface area (TPSA) is 104 Å². The number of hydrogen-bond donors (Lipinski definition) is 3. The van der Waals surface area contributed by atoms with Crippen molar-refractivity contribution in [1.82, 2.24) is 5.43 Å². The average Bonchev–Trinajstić information content (AvgIpc) is 2.84. The Bertz CT molecular complexity index is 1300. The molecule has 0 saturated heterocycles. The zero-order valence-electron chi connectivity index (χ0n) is 18.4. The van der Waals surface area contributed by atoms with Crippen LogP contribution >= 0.6 is 23.8 Å². The van der Waals surface area contributed by atoms with Gasteiger partial charge in [0.15, 0.2) is 11.7 Å². The Morgan fingerprint density at radius 3 is 2.63 bits per heavy atom. The number of nitrogens with one attached hydrogen (secondary N) is 3. The number of methoxy groups -OCH3 is 1. The molecule has 178 valence electrons. The van der Waals surface area contributed by atoms with Gasteiger partial charge in [-0.3, -0.25) is 9.69 Å². The molecule has 0 saturated carbocycles. The number of hydrogen-bond acceptors (Lipinski definition) is 6. The highest BCUT2D eigenvalue weighted by atomic mass is 35.5. The standard InChI is InChI=1S/C24H20ClN5O4S/c1-33-19-8-5-17(6-9-19)28-24(35)30-20-10-7-18(12-21(20)34-14-22(30)31)27-23(32)29-26-13-15-3-2-4-16(25)11-15/h2-13H,14H2,1H3,(H,28,35)(H2,27,29,32)/b26-13+. The first-order valence-electron chi connectivity index (χ1n) is 10.3. The number of thiocarbonyl (C=S) groups is 1. The summed E-state index contributed by atoms with van der Waals surface area (Å²) in [6, 6.07) is 18.5. The fraction of sp³-hybridized carbons (Fsp3) is 0.0833. The molecule has 0 fully saturated rings. The second-order valence-electron chi connectivity index (χ2n) is 7.24. The second kappa shape index (κ2) is 10.9. The maximum Gasteiger partial charge on any atom is 0.339 e. The average molecular weight is 510 g/mol. The molecule has 4 rings (SSSR count). The summed E-state index contributed by atoms with van der Waals surface area (Å²) in [5.41, 5.74) is 4.72. The molecule has 3 N–H and O–H groups in total. The molecule has 0 unspecified atom stereocenters. The van der Waals surface area contributed by atoms with Crippen LogP contribution in [0.3, 0.4) is 0 Å². The van der Waals surface area contributed by atoms with E-state index in [9.17, 15) is 9.59 Å². The quantitative estimate of drug-likeness (QED) is 0.263. The minimum absolute atomic E-state index is 0.193. The number of carbonyl (C=O) groups excluding carboxylic acids is 2. The van der Waals surface area contributed by atoms with Crippen LogP contribution in [0, 0.1) is 0 Å². The SMILES string of the molecule is COc1ccc(NC(=S)N2C(=O)COc3cc(NC(=O)N/N=C/c4cccc(Cl)c4)ccc32)cc1. The summed E-state index contributed by atoms with van der Waals surface area (Å²) >= 11 is 11.4. The van der Waals surface area contributed by atoms with Crippen LogP contribution in [0.4, 0.5) is 21.9 Å². The van der Waals surface area contributed by atoms with Crippen LogP contribution in [0.15, 0.2) is 71.8 Å². The van der Waals surface area contributed by atoms with Gasteiger partial charge in [-0.1, -0.05) is 23.7 Å². The van der Waals surface area contributed by atoms with E-state index in [-0.39, 0.29) is 17.6 Å². The lowest BCUT2D eigenvalue weighted by atomic mass is 10.2. The molecular formula is C24H20ClN5O4S. The van der Waals surface area contributed by atoms with Crippen molar-refractivity contribution >= 4 is 64.1 Å². The van der Waals surface area contributed by atoms with Gasteiger partial charge in [-0.15, -0.1) is 0 Å². The first kappa shape index (κ1) is 24.0. The van der Waals surface area contributed by atoms with Gasteiger partial charge in [-0.2, -0.15) is 5.10 Å². The van der Waals surface area contributed by atoms with E-state index < -0.39 is 6.03 Å². The number of halogens is 1. The van der Waals surface area contributed by atoms with Crippen LogP contribution in [0.2, 0.25) is 5.02 Å². The van der Waals surface area contributed by atoms with Crippen molar-refractivity contribution < 1.29 is 19.1 Å². The van der Waals surface area contributed by atoms with Crippen molar-refractivity contribution in [2.45, 2.75) is 0 Å². The minimum Gasteiger partial charge on any atom is -0.497 e. The van der Waals surface area contributed by atoms with E-state index >= 15 is 0 Å². The van der Waals surface area contributed by atoms with Gasteiger partial charge in [0, 0.05) is 22.5 Å². The Morgan fingerprint density at radius 1 is 1.11 bits per heavy atom.